The fourth-order valence-electron chi connectivity index (χ4n) is 2.03. The molecule has 98 valence electrons. The maximum atomic E-state index is 9.45. The van der Waals surface area contributed by atoms with Gasteiger partial charge in [0.15, 0.2) is 11.5 Å². The minimum absolute atomic E-state index is 0.168. The van der Waals surface area contributed by atoms with Gasteiger partial charge in [0.05, 0.1) is 11.6 Å². The number of rotatable bonds is 2. The topological polar surface area (TPSA) is 62.5 Å². The Labute approximate surface area is 116 Å². The molecule has 2 aromatic carbocycles. The van der Waals surface area contributed by atoms with Crippen LogP contribution < -0.4 is 9.47 Å². The van der Waals surface area contributed by atoms with E-state index >= 15 is 0 Å². The molecular formula is C16H11NO3. The monoisotopic (exact) mass is 265 g/mol. The normalized spacial score (nSPS) is 13.1. The van der Waals surface area contributed by atoms with Gasteiger partial charge >= 0.3 is 0 Å². The summed E-state index contributed by atoms with van der Waals surface area (Å²) in [7, 11) is 0. The van der Waals surface area contributed by atoms with Gasteiger partial charge < -0.3 is 14.6 Å². The van der Waals surface area contributed by atoms with Crippen LogP contribution in [0.15, 0.2) is 42.5 Å². The van der Waals surface area contributed by atoms with Crippen molar-refractivity contribution in [3.63, 3.8) is 0 Å². The van der Waals surface area contributed by atoms with Crippen molar-refractivity contribution < 1.29 is 14.6 Å². The molecule has 0 saturated carbocycles. The summed E-state index contributed by atoms with van der Waals surface area (Å²) in [6, 6.07) is 14.3. The number of ether oxygens (including phenoxy) is 2. The van der Waals surface area contributed by atoms with Crippen LogP contribution in [-0.4, -0.2) is 11.9 Å². The summed E-state index contributed by atoms with van der Waals surface area (Å²) in [6.07, 6.45) is 1.72. The Kier molecular flexibility index (Phi) is 3.02. The van der Waals surface area contributed by atoms with E-state index in [9.17, 15) is 10.4 Å². The molecule has 0 radical (unpaired) electrons. The maximum Gasteiger partial charge on any atom is 0.231 e. The fraction of sp³-hybridized carbons (Fsp3) is 0.0625. The van der Waals surface area contributed by atoms with Crippen LogP contribution in [0, 0.1) is 11.3 Å². The quantitative estimate of drug-likeness (QED) is 0.669. The van der Waals surface area contributed by atoms with Crippen molar-refractivity contribution in [1.82, 2.24) is 0 Å². The zero-order valence-corrected chi connectivity index (χ0v) is 10.5. The number of aromatic hydroxyl groups is 1. The number of phenols is 1. The first-order chi connectivity index (χ1) is 9.76. The van der Waals surface area contributed by atoms with Crippen molar-refractivity contribution in [1.29, 1.82) is 5.26 Å². The third kappa shape index (κ3) is 2.29. The largest absolute Gasteiger partial charge is 0.508 e. The van der Waals surface area contributed by atoms with Gasteiger partial charge in [0.25, 0.3) is 0 Å². The van der Waals surface area contributed by atoms with E-state index in [-0.39, 0.29) is 12.5 Å². The summed E-state index contributed by atoms with van der Waals surface area (Å²) in [5.41, 5.74) is 2.01. The van der Waals surface area contributed by atoms with Gasteiger partial charge in [-0.3, -0.25) is 0 Å². The number of hydrogen-bond donors (Lipinski definition) is 1. The van der Waals surface area contributed by atoms with E-state index in [2.05, 4.69) is 6.07 Å². The van der Waals surface area contributed by atoms with Crippen molar-refractivity contribution in [3.8, 4) is 23.3 Å². The molecule has 2 aromatic rings. The van der Waals surface area contributed by atoms with Crippen molar-refractivity contribution in [2.24, 2.45) is 0 Å². The minimum atomic E-state index is 0.168. The van der Waals surface area contributed by atoms with Gasteiger partial charge in [-0.1, -0.05) is 12.1 Å². The highest BCUT2D eigenvalue weighted by molar-refractivity contribution is 5.90. The number of phenolic OH excluding ortho intramolecular Hbond substituents is 1. The Bertz CT molecular complexity index is 729. The lowest BCUT2D eigenvalue weighted by atomic mass is 10.0. The lowest BCUT2D eigenvalue weighted by Gasteiger charge is -2.02. The molecule has 4 heteroatoms. The molecule has 1 aliphatic heterocycles. The zero-order chi connectivity index (χ0) is 13.9. The Hall–Kier alpha value is -2.93. The number of fused-ring (bicyclic) bond motifs is 1. The van der Waals surface area contributed by atoms with Crippen LogP contribution in [0.3, 0.4) is 0 Å². The van der Waals surface area contributed by atoms with Crippen molar-refractivity contribution in [3.05, 3.63) is 53.6 Å². The third-order valence-corrected chi connectivity index (χ3v) is 2.99. The molecule has 1 aliphatic rings. The van der Waals surface area contributed by atoms with E-state index in [1.54, 1.807) is 36.4 Å². The first-order valence-corrected chi connectivity index (χ1v) is 6.07. The highest BCUT2D eigenvalue weighted by atomic mass is 16.7. The van der Waals surface area contributed by atoms with E-state index in [1.165, 1.54) is 0 Å². The van der Waals surface area contributed by atoms with Crippen LogP contribution >= 0.6 is 0 Å². The second-order valence-electron chi connectivity index (χ2n) is 4.33. The summed E-state index contributed by atoms with van der Waals surface area (Å²) in [4.78, 5) is 0. The second kappa shape index (κ2) is 4.98. The summed E-state index contributed by atoms with van der Waals surface area (Å²) in [5.74, 6) is 1.49. The number of allylic oxidation sites excluding steroid dienone is 1. The molecule has 1 N–H and O–H groups in total. The number of nitrogens with zero attached hydrogens (tertiary/aromatic N) is 1. The number of benzene rings is 2. The number of hydrogen-bond acceptors (Lipinski definition) is 4. The van der Waals surface area contributed by atoms with Crippen molar-refractivity contribution in [2.75, 3.05) is 6.79 Å². The third-order valence-electron chi connectivity index (χ3n) is 2.99. The zero-order valence-electron chi connectivity index (χ0n) is 10.5. The SMILES string of the molecule is N#C/C(=C/c1cccc(O)c1)c1ccc2c(c1)OCO2. The maximum absolute atomic E-state index is 9.45. The van der Waals surface area contributed by atoms with Gasteiger partial charge in [-0.05, 0) is 47.5 Å². The van der Waals surface area contributed by atoms with Gasteiger partial charge in [-0.2, -0.15) is 5.26 Å². The molecule has 0 bridgehead atoms. The van der Waals surface area contributed by atoms with Crippen LogP contribution in [0.4, 0.5) is 0 Å². The molecule has 0 aliphatic carbocycles. The van der Waals surface area contributed by atoms with Crippen LogP contribution in [0.1, 0.15) is 11.1 Å². The lowest BCUT2D eigenvalue weighted by molar-refractivity contribution is 0.174. The number of nitriles is 1. The summed E-state index contributed by atoms with van der Waals surface area (Å²) < 4.78 is 10.5. The van der Waals surface area contributed by atoms with Gasteiger partial charge in [0, 0.05) is 0 Å². The van der Waals surface area contributed by atoms with E-state index in [0.29, 0.717) is 17.1 Å². The van der Waals surface area contributed by atoms with Gasteiger partial charge in [0.1, 0.15) is 5.75 Å². The molecular weight excluding hydrogens is 254 g/mol. The molecule has 1 heterocycles. The van der Waals surface area contributed by atoms with Crippen molar-refractivity contribution in [2.45, 2.75) is 0 Å². The lowest BCUT2D eigenvalue weighted by Crippen LogP contribution is -1.92. The van der Waals surface area contributed by atoms with E-state index in [4.69, 9.17) is 9.47 Å². The predicted octanol–water partition coefficient (Wildman–Crippen LogP) is 3.19. The molecule has 0 aromatic heterocycles. The predicted molar refractivity (Wildman–Crippen MR) is 74.2 cm³/mol. The van der Waals surface area contributed by atoms with Gasteiger partial charge in [-0.25, -0.2) is 0 Å². The van der Waals surface area contributed by atoms with E-state index in [1.807, 2.05) is 12.1 Å². The Morgan fingerprint density at radius 1 is 1.15 bits per heavy atom. The Balaban J connectivity index is 2.00. The molecule has 0 atom stereocenters. The molecule has 4 nitrogen and oxygen atoms in total. The van der Waals surface area contributed by atoms with E-state index < -0.39 is 0 Å². The van der Waals surface area contributed by atoms with Crippen LogP contribution in [-0.2, 0) is 0 Å². The molecule has 20 heavy (non-hydrogen) atoms. The Morgan fingerprint density at radius 2 is 2.00 bits per heavy atom. The average Bonchev–Trinajstić information content (AvgIpc) is 2.92. The van der Waals surface area contributed by atoms with Crippen LogP contribution in [0.5, 0.6) is 17.2 Å². The standard InChI is InChI=1S/C16H11NO3/c17-9-13(6-11-2-1-3-14(18)7-11)12-4-5-15-16(8-12)20-10-19-15/h1-8,18H,10H2/b13-6-. The first kappa shape index (κ1) is 12.1. The van der Waals surface area contributed by atoms with Gasteiger partial charge in [-0.15, -0.1) is 0 Å². The van der Waals surface area contributed by atoms with Crippen LogP contribution in [0.25, 0.3) is 11.6 Å². The van der Waals surface area contributed by atoms with E-state index in [0.717, 1.165) is 11.1 Å². The molecule has 3 rings (SSSR count). The highest BCUT2D eigenvalue weighted by Gasteiger charge is 2.14. The minimum Gasteiger partial charge on any atom is -0.508 e. The molecule has 0 fully saturated rings. The molecule has 0 unspecified atom stereocenters. The second-order valence-corrected chi connectivity index (χ2v) is 4.33. The van der Waals surface area contributed by atoms with Gasteiger partial charge in [0.2, 0.25) is 6.79 Å². The smallest absolute Gasteiger partial charge is 0.231 e. The molecule has 0 amide bonds. The molecule has 0 spiro atoms. The summed E-state index contributed by atoms with van der Waals surface area (Å²) in [6.45, 7) is 0.205. The summed E-state index contributed by atoms with van der Waals surface area (Å²) in [5, 5.41) is 18.8. The fourth-order valence-corrected chi connectivity index (χ4v) is 2.03. The molecule has 0 saturated heterocycles. The van der Waals surface area contributed by atoms with Crippen molar-refractivity contribution >= 4 is 11.6 Å². The first-order valence-electron chi connectivity index (χ1n) is 6.07. The summed E-state index contributed by atoms with van der Waals surface area (Å²) >= 11 is 0. The Morgan fingerprint density at radius 3 is 2.80 bits per heavy atom. The average molecular weight is 265 g/mol. The van der Waals surface area contributed by atoms with Crippen LogP contribution in [0.2, 0.25) is 0 Å². The highest BCUT2D eigenvalue weighted by Crippen LogP contribution is 2.34.